The fourth-order valence-electron chi connectivity index (χ4n) is 5.12. The molecule has 36 heavy (non-hydrogen) atoms. The zero-order chi connectivity index (χ0) is 26.2. The van der Waals surface area contributed by atoms with Gasteiger partial charge in [-0.2, -0.15) is 0 Å². The quantitative estimate of drug-likeness (QED) is 0.606. The van der Waals surface area contributed by atoms with Crippen molar-refractivity contribution < 1.29 is 23.8 Å². The molecule has 1 aliphatic heterocycles. The van der Waals surface area contributed by atoms with E-state index in [2.05, 4.69) is 29.5 Å². The molecule has 1 unspecified atom stereocenters. The van der Waals surface area contributed by atoms with E-state index in [1.165, 1.54) is 0 Å². The first kappa shape index (κ1) is 25.3. The predicted molar refractivity (Wildman–Crippen MR) is 137 cm³/mol. The molecule has 1 aromatic heterocycles. The molecule has 0 saturated carbocycles. The third kappa shape index (κ3) is 4.55. The van der Waals surface area contributed by atoms with E-state index >= 15 is 0 Å². The minimum Gasteiger partial charge on any atom is -0.496 e. The molecule has 1 aliphatic carbocycles. The second kappa shape index (κ2) is 9.68. The Bertz CT molecular complexity index is 1290. The second-order valence-electron chi connectivity index (χ2n) is 10.0. The normalized spacial score (nSPS) is 18.9. The summed E-state index contributed by atoms with van der Waals surface area (Å²) in [6, 6.07) is 7.21. The molecule has 2 aromatic rings. The number of dihydropyridines is 1. The monoisotopic (exact) mass is 491 g/mol. The number of rotatable bonds is 6. The number of allylic oxidation sites excluding steroid dienone is 3. The van der Waals surface area contributed by atoms with Crippen molar-refractivity contribution in [1.29, 1.82) is 0 Å². The van der Waals surface area contributed by atoms with Crippen LogP contribution in [0, 0.1) is 12.3 Å². The fraction of sp³-hybridized carbons (Fsp3) is 0.393. The summed E-state index contributed by atoms with van der Waals surface area (Å²) in [5.74, 6) is 0.940. The molecule has 0 spiro atoms. The zero-order valence-electron chi connectivity index (χ0n) is 21.9. The molecule has 2 N–H and O–H groups in total. The van der Waals surface area contributed by atoms with Crippen molar-refractivity contribution >= 4 is 17.5 Å². The van der Waals surface area contributed by atoms with Crippen molar-refractivity contribution in [3.63, 3.8) is 0 Å². The lowest BCUT2D eigenvalue weighted by atomic mass is 9.68. The number of carbonyl (C=O) groups excluding carboxylic acids is 2. The number of hydrogen-bond acceptors (Lipinski definition) is 7. The second-order valence-corrected chi connectivity index (χ2v) is 10.0. The lowest BCUT2D eigenvalue weighted by Gasteiger charge is -2.40. The number of amides is 1. The number of ether oxygens (including phenoxy) is 3. The number of pyridine rings is 1. The highest BCUT2D eigenvalue weighted by Gasteiger charge is 2.44. The minimum atomic E-state index is -0.663. The zero-order valence-corrected chi connectivity index (χ0v) is 21.9. The number of methoxy groups -OCH3 is 3. The van der Waals surface area contributed by atoms with Crippen LogP contribution < -0.4 is 24.8 Å². The maximum Gasteiger partial charge on any atom is 0.255 e. The molecule has 0 bridgehead atoms. The SMILES string of the molecule is COc1cc(OC)c(C2C(C(=O)Nc3ncccc3C)=C(C)NC3=C2C(=O)CC(C)(C)C3)cc1OC. The molecule has 1 aromatic carbocycles. The molecule has 0 radical (unpaired) electrons. The Kier molecular flexibility index (Phi) is 6.80. The van der Waals surface area contributed by atoms with Crippen molar-refractivity contribution in [3.8, 4) is 17.2 Å². The minimum absolute atomic E-state index is 0.00223. The van der Waals surface area contributed by atoms with Crippen LogP contribution in [0.25, 0.3) is 0 Å². The van der Waals surface area contributed by atoms with Gasteiger partial charge in [0.2, 0.25) is 0 Å². The number of benzene rings is 1. The average Bonchev–Trinajstić information content (AvgIpc) is 2.82. The summed E-state index contributed by atoms with van der Waals surface area (Å²) >= 11 is 0. The Morgan fingerprint density at radius 2 is 1.72 bits per heavy atom. The number of hydrogen-bond donors (Lipinski definition) is 2. The van der Waals surface area contributed by atoms with Gasteiger partial charge in [0.1, 0.15) is 11.6 Å². The first-order valence-corrected chi connectivity index (χ1v) is 11.9. The number of nitrogens with one attached hydrogen (secondary N) is 2. The van der Waals surface area contributed by atoms with E-state index in [1.54, 1.807) is 39.7 Å². The molecule has 2 heterocycles. The highest BCUT2D eigenvalue weighted by Crippen LogP contribution is 2.50. The van der Waals surface area contributed by atoms with Crippen LogP contribution in [0.1, 0.15) is 50.7 Å². The van der Waals surface area contributed by atoms with Crippen molar-refractivity contribution in [3.05, 3.63) is 64.1 Å². The third-order valence-electron chi connectivity index (χ3n) is 6.77. The molecule has 8 heteroatoms. The Morgan fingerprint density at radius 3 is 2.36 bits per heavy atom. The first-order valence-electron chi connectivity index (χ1n) is 11.9. The fourth-order valence-corrected chi connectivity index (χ4v) is 5.12. The molecular formula is C28H33N3O5. The standard InChI is InChI=1S/C28H33N3O5/c1-15-9-8-10-29-26(15)31-27(33)23-16(2)30-18-13-28(3,4)14-19(32)25(18)24(23)17-11-21(35-6)22(36-7)12-20(17)34-5/h8-12,24,30H,13-14H2,1-7H3,(H,29,31,33). The molecular weight excluding hydrogens is 458 g/mol. The van der Waals surface area contributed by atoms with Gasteiger partial charge in [0.25, 0.3) is 5.91 Å². The number of ketones is 1. The molecule has 190 valence electrons. The lowest BCUT2D eigenvalue weighted by molar-refractivity contribution is -0.118. The number of carbonyl (C=O) groups is 2. The maximum atomic E-state index is 13.8. The van der Waals surface area contributed by atoms with Crippen LogP contribution in [0.2, 0.25) is 0 Å². The average molecular weight is 492 g/mol. The number of aryl methyl sites for hydroxylation is 1. The summed E-state index contributed by atoms with van der Waals surface area (Å²) in [4.78, 5) is 31.8. The van der Waals surface area contributed by atoms with Crippen molar-refractivity contribution in [2.75, 3.05) is 26.6 Å². The van der Waals surface area contributed by atoms with Gasteiger partial charge in [0.05, 0.1) is 27.2 Å². The van der Waals surface area contributed by atoms with Gasteiger partial charge < -0.3 is 24.8 Å². The van der Waals surface area contributed by atoms with Crippen LogP contribution in [0.15, 0.2) is 53.0 Å². The van der Waals surface area contributed by atoms with Gasteiger partial charge in [-0.3, -0.25) is 9.59 Å². The molecule has 2 aliphatic rings. The van der Waals surface area contributed by atoms with Crippen LogP contribution in [0.5, 0.6) is 17.2 Å². The number of nitrogens with zero attached hydrogens (tertiary/aromatic N) is 1. The van der Waals surface area contributed by atoms with Gasteiger partial charge >= 0.3 is 0 Å². The molecule has 0 fully saturated rings. The summed E-state index contributed by atoms with van der Waals surface area (Å²) < 4.78 is 16.8. The van der Waals surface area contributed by atoms with Gasteiger partial charge in [-0.05, 0) is 43.4 Å². The van der Waals surface area contributed by atoms with Gasteiger partial charge in [0.15, 0.2) is 17.3 Å². The van der Waals surface area contributed by atoms with Crippen LogP contribution in [0.4, 0.5) is 5.82 Å². The highest BCUT2D eigenvalue weighted by atomic mass is 16.5. The van der Waals surface area contributed by atoms with Gasteiger partial charge in [-0.1, -0.05) is 19.9 Å². The van der Waals surface area contributed by atoms with E-state index in [0.29, 0.717) is 58.3 Å². The van der Waals surface area contributed by atoms with Gasteiger partial charge in [0, 0.05) is 46.8 Å². The predicted octanol–water partition coefficient (Wildman–Crippen LogP) is 4.66. The van der Waals surface area contributed by atoms with Crippen LogP contribution in [0.3, 0.4) is 0 Å². The summed E-state index contributed by atoms with van der Waals surface area (Å²) in [5, 5.41) is 6.33. The van der Waals surface area contributed by atoms with Crippen LogP contribution >= 0.6 is 0 Å². The highest BCUT2D eigenvalue weighted by molar-refractivity contribution is 6.10. The Balaban J connectivity index is 1.92. The van der Waals surface area contributed by atoms with Crippen molar-refractivity contribution in [1.82, 2.24) is 10.3 Å². The van der Waals surface area contributed by atoms with E-state index in [0.717, 1.165) is 11.3 Å². The van der Waals surface area contributed by atoms with Crippen LogP contribution in [-0.2, 0) is 9.59 Å². The molecule has 4 rings (SSSR count). The van der Waals surface area contributed by atoms with Crippen LogP contribution in [-0.4, -0.2) is 38.0 Å². The Morgan fingerprint density at radius 1 is 1.06 bits per heavy atom. The lowest BCUT2D eigenvalue weighted by Crippen LogP contribution is -2.39. The summed E-state index contributed by atoms with van der Waals surface area (Å²) in [6.45, 7) is 7.89. The molecule has 1 atom stereocenters. The summed E-state index contributed by atoms with van der Waals surface area (Å²) in [6.07, 6.45) is 2.70. The Labute approximate surface area is 211 Å². The largest absolute Gasteiger partial charge is 0.496 e. The Hall–Kier alpha value is -3.81. The van der Waals surface area contributed by atoms with E-state index < -0.39 is 5.92 Å². The molecule has 0 saturated heterocycles. The van der Waals surface area contributed by atoms with Gasteiger partial charge in [-0.25, -0.2) is 4.98 Å². The van der Waals surface area contributed by atoms with Crippen molar-refractivity contribution in [2.24, 2.45) is 5.41 Å². The van der Waals surface area contributed by atoms with E-state index in [9.17, 15) is 9.59 Å². The number of aromatic nitrogens is 1. The summed E-state index contributed by atoms with van der Waals surface area (Å²) in [5.41, 5.74) is 3.81. The third-order valence-corrected chi connectivity index (χ3v) is 6.77. The molecule has 8 nitrogen and oxygen atoms in total. The van der Waals surface area contributed by atoms with Crippen molar-refractivity contribution in [2.45, 2.75) is 46.5 Å². The molecule has 1 amide bonds. The van der Waals surface area contributed by atoms with E-state index in [1.807, 2.05) is 26.0 Å². The number of anilines is 1. The smallest absolute Gasteiger partial charge is 0.255 e. The summed E-state index contributed by atoms with van der Waals surface area (Å²) in [7, 11) is 4.65. The number of Topliss-reactive ketones (excluding diaryl/α,β-unsaturated/α-hetero) is 1. The van der Waals surface area contributed by atoms with Gasteiger partial charge in [-0.15, -0.1) is 0 Å². The topological polar surface area (TPSA) is 98.8 Å². The first-order chi connectivity index (χ1) is 17.1. The van der Waals surface area contributed by atoms with E-state index in [-0.39, 0.29) is 17.1 Å². The maximum absolute atomic E-state index is 13.8. The van der Waals surface area contributed by atoms with E-state index in [4.69, 9.17) is 14.2 Å².